The van der Waals surface area contributed by atoms with E-state index in [9.17, 15) is 9.59 Å². The third kappa shape index (κ3) is 7.56. The van der Waals surface area contributed by atoms with E-state index in [4.69, 9.17) is 9.47 Å². The molecule has 0 fully saturated rings. The van der Waals surface area contributed by atoms with Crippen molar-refractivity contribution in [2.45, 2.75) is 52.4 Å². The number of aromatic nitrogens is 2. The van der Waals surface area contributed by atoms with Crippen molar-refractivity contribution in [3.8, 4) is 11.5 Å². The molecule has 2 amide bonds. The summed E-state index contributed by atoms with van der Waals surface area (Å²) in [5.74, 6) is 0.118. The van der Waals surface area contributed by atoms with E-state index in [1.807, 2.05) is 48.5 Å². The molecule has 0 aliphatic heterocycles. The Hall–Kier alpha value is -3.88. The zero-order chi connectivity index (χ0) is 25.6. The van der Waals surface area contributed by atoms with Gasteiger partial charge >= 0.3 is 0 Å². The maximum absolute atomic E-state index is 12.3. The quantitative estimate of drug-likeness (QED) is 0.480. The number of amides is 2. The third-order valence-electron chi connectivity index (χ3n) is 5.18. The molecule has 0 spiro atoms. The first-order chi connectivity index (χ1) is 16.4. The number of carbonyl (C=O) groups excluding carboxylic acids is 2. The lowest BCUT2D eigenvalue weighted by Crippen LogP contribution is -2.24. The predicted octanol–water partition coefficient (Wildman–Crippen LogP) is 4.70. The van der Waals surface area contributed by atoms with E-state index in [1.54, 1.807) is 0 Å². The molecule has 35 heavy (non-hydrogen) atoms. The van der Waals surface area contributed by atoms with Gasteiger partial charge in [0.1, 0.15) is 11.5 Å². The number of hydrogen-bond donors (Lipinski definition) is 2. The van der Waals surface area contributed by atoms with Crippen molar-refractivity contribution in [3.05, 3.63) is 59.7 Å². The molecular weight excluding hydrogens is 448 g/mol. The Labute approximate surface area is 205 Å². The number of anilines is 2. The molecular formula is C26H32N4O5. The molecule has 0 atom stereocenters. The molecule has 0 radical (unpaired) electrons. The van der Waals surface area contributed by atoms with Crippen LogP contribution in [0.2, 0.25) is 0 Å². The fourth-order valence-corrected chi connectivity index (χ4v) is 3.09. The number of benzene rings is 2. The zero-order valence-electron chi connectivity index (χ0n) is 21.0. The fraction of sp³-hybridized carbons (Fsp3) is 0.385. The highest BCUT2D eigenvalue weighted by atomic mass is 16.6. The molecule has 9 nitrogen and oxygen atoms in total. The molecule has 0 aliphatic rings. The molecule has 0 saturated heterocycles. The molecule has 186 valence electrons. The first-order valence-corrected chi connectivity index (χ1v) is 11.3. The van der Waals surface area contributed by atoms with Gasteiger partial charge in [0, 0.05) is 0 Å². The minimum atomic E-state index is -0.480. The van der Waals surface area contributed by atoms with Crippen LogP contribution in [-0.2, 0) is 20.4 Å². The summed E-state index contributed by atoms with van der Waals surface area (Å²) in [6.45, 7) is 12.2. The molecule has 9 heteroatoms. The minimum Gasteiger partial charge on any atom is -0.484 e. The first kappa shape index (κ1) is 25.7. The van der Waals surface area contributed by atoms with Crippen LogP contribution < -0.4 is 20.1 Å². The van der Waals surface area contributed by atoms with Gasteiger partial charge in [0.25, 0.3) is 11.8 Å². The molecule has 2 N–H and O–H groups in total. The molecule has 1 heterocycles. The Morgan fingerprint density at radius 3 is 1.34 bits per heavy atom. The van der Waals surface area contributed by atoms with Gasteiger partial charge < -0.3 is 20.1 Å². The summed E-state index contributed by atoms with van der Waals surface area (Å²) in [7, 11) is 0. The zero-order valence-corrected chi connectivity index (χ0v) is 21.0. The maximum Gasteiger partial charge on any atom is 0.263 e. The Kier molecular flexibility index (Phi) is 7.78. The average Bonchev–Trinajstić information content (AvgIpc) is 3.22. The van der Waals surface area contributed by atoms with E-state index in [1.165, 1.54) is 0 Å². The normalized spacial score (nSPS) is 11.6. The third-order valence-corrected chi connectivity index (χ3v) is 5.18. The maximum atomic E-state index is 12.3. The summed E-state index contributed by atoms with van der Waals surface area (Å²) >= 11 is 0. The highest BCUT2D eigenvalue weighted by Crippen LogP contribution is 2.25. The highest BCUT2D eigenvalue weighted by Gasteiger charge is 2.18. The summed E-state index contributed by atoms with van der Waals surface area (Å²) in [4.78, 5) is 24.5. The lowest BCUT2D eigenvalue weighted by Gasteiger charge is -2.19. The van der Waals surface area contributed by atoms with Gasteiger partial charge in [-0.15, -0.1) is 0 Å². The van der Waals surface area contributed by atoms with Crippen LogP contribution in [0.15, 0.2) is 53.2 Å². The van der Waals surface area contributed by atoms with Crippen LogP contribution in [0.5, 0.6) is 11.5 Å². The van der Waals surface area contributed by atoms with Crippen LogP contribution in [0, 0.1) is 0 Å². The summed E-state index contributed by atoms with van der Waals surface area (Å²) in [6.07, 6.45) is 0. The molecule has 0 aliphatic carbocycles. The van der Waals surface area contributed by atoms with Gasteiger partial charge in [-0.2, -0.15) is 0 Å². The Morgan fingerprint density at radius 2 is 1.03 bits per heavy atom. The number of carbonyl (C=O) groups is 2. The van der Waals surface area contributed by atoms with Gasteiger partial charge in [-0.1, -0.05) is 65.8 Å². The summed E-state index contributed by atoms with van der Waals surface area (Å²) < 4.78 is 15.7. The van der Waals surface area contributed by atoms with Gasteiger partial charge in [0.15, 0.2) is 13.2 Å². The van der Waals surface area contributed by atoms with Crippen LogP contribution in [0.25, 0.3) is 0 Å². The number of hydrogen-bond acceptors (Lipinski definition) is 7. The van der Waals surface area contributed by atoms with Crippen molar-refractivity contribution in [2.24, 2.45) is 0 Å². The number of nitrogens with zero attached hydrogens (tertiary/aromatic N) is 2. The Morgan fingerprint density at radius 1 is 0.686 bits per heavy atom. The second-order valence-electron chi connectivity index (χ2n) is 10.2. The number of rotatable bonds is 8. The van der Waals surface area contributed by atoms with Crippen molar-refractivity contribution in [2.75, 3.05) is 23.8 Å². The van der Waals surface area contributed by atoms with Gasteiger partial charge in [-0.25, -0.2) is 4.63 Å². The van der Waals surface area contributed by atoms with Crippen molar-refractivity contribution in [1.29, 1.82) is 0 Å². The van der Waals surface area contributed by atoms with Crippen molar-refractivity contribution >= 4 is 23.5 Å². The fourth-order valence-electron chi connectivity index (χ4n) is 3.09. The summed E-state index contributed by atoms with van der Waals surface area (Å²) in [6, 6.07) is 15.1. The van der Waals surface area contributed by atoms with E-state index in [0.29, 0.717) is 11.5 Å². The average molecular weight is 481 g/mol. The van der Waals surface area contributed by atoms with Crippen molar-refractivity contribution in [1.82, 2.24) is 10.3 Å². The number of ether oxygens (including phenoxy) is 2. The van der Waals surface area contributed by atoms with Crippen molar-refractivity contribution < 1.29 is 23.7 Å². The van der Waals surface area contributed by atoms with Gasteiger partial charge in [-0.3, -0.25) is 9.59 Å². The van der Waals surface area contributed by atoms with Gasteiger partial charge in [0.2, 0.25) is 11.6 Å². The number of nitrogens with one attached hydrogen (secondary N) is 2. The first-order valence-electron chi connectivity index (χ1n) is 11.3. The second-order valence-corrected chi connectivity index (χ2v) is 10.2. The summed E-state index contributed by atoms with van der Waals surface area (Å²) in [5, 5.41) is 12.3. The van der Waals surface area contributed by atoms with Crippen LogP contribution in [-0.4, -0.2) is 35.3 Å². The SMILES string of the molecule is CC(C)(C)c1ccc(OCC(=O)Nc2nonc2NC(=O)COc2ccc(C(C)(C)C)cc2)cc1. The Balaban J connectivity index is 1.47. The topological polar surface area (TPSA) is 116 Å². The summed E-state index contributed by atoms with van der Waals surface area (Å²) in [5.41, 5.74) is 2.38. The van der Waals surface area contributed by atoms with E-state index < -0.39 is 11.8 Å². The van der Waals surface area contributed by atoms with Crippen LogP contribution in [0.1, 0.15) is 52.7 Å². The molecule has 3 aromatic rings. The molecule has 3 rings (SSSR count). The smallest absolute Gasteiger partial charge is 0.263 e. The van der Waals surface area contributed by atoms with E-state index in [2.05, 4.69) is 67.1 Å². The molecule has 0 unspecified atom stereocenters. The molecule has 0 bridgehead atoms. The largest absolute Gasteiger partial charge is 0.484 e. The standard InChI is InChI=1S/C26H32N4O5/c1-25(2,3)17-7-11-19(12-8-17)33-15-21(31)27-23-24(30-35-29-23)28-22(32)16-34-20-13-9-18(10-14-20)26(4,5)6/h7-14H,15-16H2,1-6H3,(H,27,29,31)(H,28,30,32). The monoisotopic (exact) mass is 480 g/mol. The lowest BCUT2D eigenvalue weighted by atomic mass is 9.87. The minimum absolute atomic E-state index is 0.0236. The van der Waals surface area contributed by atoms with Crippen molar-refractivity contribution in [3.63, 3.8) is 0 Å². The Bertz CT molecular complexity index is 1050. The van der Waals surface area contributed by atoms with E-state index in [-0.39, 0.29) is 35.7 Å². The van der Waals surface area contributed by atoms with Crippen LogP contribution in [0.3, 0.4) is 0 Å². The highest BCUT2D eigenvalue weighted by molar-refractivity contribution is 5.98. The lowest BCUT2D eigenvalue weighted by molar-refractivity contribution is -0.119. The van der Waals surface area contributed by atoms with E-state index >= 15 is 0 Å². The molecule has 1 aromatic heterocycles. The molecule has 2 aromatic carbocycles. The molecule has 0 saturated carbocycles. The van der Waals surface area contributed by atoms with Gasteiger partial charge in [0.05, 0.1) is 0 Å². The van der Waals surface area contributed by atoms with E-state index in [0.717, 1.165) is 11.1 Å². The van der Waals surface area contributed by atoms with Crippen LogP contribution >= 0.6 is 0 Å². The van der Waals surface area contributed by atoms with Gasteiger partial charge in [-0.05, 0) is 56.5 Å². The second kappa shape index (κ2) is 10.6. The van der Waals surface area contributed by atoms with Crippen LogP contribution in [0.4, 0.5) is 11.6 Å². The predicted molar refractivity (Wildman–Crippen MR) is 133 cm³/mol.